The molecule has 114 valence electrons. The van der Waals surface area contributed by atoms with Crippen molar-refractivity contribution in [2.24, 2.45) is 11.3 Å². The van der Waals surface area contributed by atoms with E-state index in [0.29, 0.717) is 11.5 Å². The van der Waals surface area contributed by atoms with Crippen molar-refractivity contribution in [2.45, 2.75) is 53.6 Å². The third-order valence-electron chi connectivity index (χ3n) is 4.44. The highest BCUT2D eigenvalue weighted by molar-refractivity contribution is 4.84. The highest BCUT2D eigenvalue weighted by atomic mass is 16.5. The molecule has 0 spiro atoms. The molecule has 1 atom stereocenters. The minimum Gasteiger partial charge on any atom is -0.376 e. The van der Waals surface area contributed by atoms with Gasteiger partial charge in [0.2, 0.25) is 0 Å². The molecule has 0 saturated carbocycles. The highest BCUT2D eigenvalue weighted by Crippen LogP contribution is 2.27. The van der Waals surface area contributed by atoms with E-state index in [1.165, 1.54) is 19.4 Å². The molecular weight excluding hydrogens is 236 g/mol. The maximum atomic E-state index is 5.65. The van der Waals surface area contributed by atoms with Gasteiger partial charge in [-0.2, -0.15) is 0 Å². The van der Waals surface area contributed by atoms with E-state index in [1.807, 2.05) is 0 Å². The van der Waals surface area contributed by atoms with Crippen LogP contribution in [0.1, 0.15) is 47.5 Å². The number of rotatable bonds is 8. The van der Waals surface area contributed by atoms with Crippen molar-refractivity contribution in [3.63, 3.8) is 0 Å². The predicted molar refractivity (Wildman–Crippen MR) is 82.6 cm³/mol. The zero-order valence-corrected chi connectivity index (χ0v) is 13.7. The van der Waals surface area contributed by atoms with Gasteiger partial charge in [-0.25, -0.2) is 0 Å². The van der Waals surface area contributed by atoms with Crippen molar-refractivity contribution < 1.29 is 4.74 Å². The molecule has 19 heavy (non-hydrogen) atoms. The van der Waals surface area contributed by atoms with Gasteiger partial charge in [-0.1, -0.05) is 27.7 Å². The van der Waals surface area contributed by atoms with Crippen LogP contribution in [-0.2, 0) is 4.74 Å². The molecule has 0 radical (unpaired) electrons. The van der Waals surface area contributed by atoms with Crippen LogP contribution in [0.5, 0.6) is 0 Å². The molecule has 1 rings (SSSR count). The van der Waals surface area contributed by atoms with E-state index < -0.39 is 0 Å². The van der Waals surface area contributed by atoms with Crippen molar-refractivity contribution in [1.82, 2.24) is 10.2 Å². The molecule has 3 heteroatoms. The zero-order chi connectivity index (χ0) is 14.3. The standard InChI is InChI=1S/C16H34N2O/c1-6-16(7-2,12-17-10-14(3)4)13-18-8-9-19-15(5)11-18/h14-15,17H,6-13H2,1-5H3. The fraction of sp³-hybridized carbons (Fsp3) is 1.00. The van der Waals surface area contributed by atoms with Crippen molar-refractivity contribution in [3.05, 3.63) is 0 Å². The van der Waals surface area contributed by atoms with Crippen LogP contribution >= 0.6 is 0 Å². The molecule has 0 aromatic rings. The van der Waals surface area contributed by atoms with Gasteiger partial charge in [0.25, 0.3) is 0 Å². The van der Waals surface area contributed by atoms with Crippen LogP contribution in [-0.4, -0.2) is 50.3 Å². The maximum Gasteiger partial charge on any atom is 0.0674 e. The number of ether oxygens (including phenoxy) is 1. The third-order valence-corrected chi connectivity index (χ3v) is 4.44. The molecule has 3 nitrogen and oxygen atoms in total. The largest absolute Gasteiger partial charge is 0.376 e. The summed E-state index contributed by atoms with van der Waals surface area (Å²) < 4.78 is 5.65. The van der Waals surface area contributed by atoms with Gasteiger partial charge >= 0.3 is 0 Å². The lowest BCUT2D eigenvalue weighted by Gasteiger charge is -2.40. The summed E-state index contributed by atoms with van der Waals surface area (Å²) in [5.74, 6) is 0.731. The molecule has 0 bridgehead atoms. The highest BCUT2D eigenvalue weighted by Gasteiger charge is 2.30. The number of hydrogen-bond donors (Lipinski definition) is 1. The minimum atomic E-state index is 0.392. The molecule has 1 fully saturated rings. The van der Waals surface area contributed by atoms with Crippen molar-refractivity contribution in [3.8, 4) is 0 Å². The summed E-state index contributed by atoms with van der Waals surface area (Å²) >= 11 is 0. The smallest absolute Gasteiger partial charge is 0.0674 e. The first kappa shape index (κ1) is 16.9. The van der Waals surface area contributed by atoms with Gasteiger partial charge in [-0.15, -0.1) is 0 Å². The van der Waals surface area contributed by atoms with Crippen LogP contribution in [0.3, 0.4) is 0 Å². The molecule has 1 aliphatic rings. The molecule has 1 saturated heterocycles. The van der Waals surface area contributed by atoms with Gasteiger partial charge in [0.1, 0.15) is 0 Å². The second kappa shape index (κ2) is 8.23. The molecule has 0 amide bonds. The molecule has 0 aromatic heterocycles. The fourth-order valence-corrected chi connectivity index (χ4v) is 2.91. The molecule has 1 unspecified atom stereocenters. The van der Waals surface area contributed by atoms with Crippen LogP contribution in [0.25, 0.3) is 0 Å². The monoisotopic (exact) mass is 270 g/mol. The molecular formula is C16H34N2O. The first-order chi connectivity index (χ1) is 9.01. The van der Waals surface area contributed by atoms with E-state index in [1.54, 1.807) is 0 Å². The van der Waals surface area contributed by atoms with Crippen LogP contribution in [0, 0.1) is 11.3 Å². The van der Waals surface area contributed by atoms with E-state index in [0.717, 1.165) is 38.7 Å². The Hall–Kier alpha value is -0.120. The molecule has 0 aromatic carbocycles. The Morgan fingerprint density at radius 3 is 2.53 bits per heavy atom. The second-order valence-corrected chi connectivity index (χ2v) is 6.65. The number of hydrogen-bond acceptors (Lipinski definition) is 3. The summed E-state index contributed by atoms with van der Waals surface area (Å²) in [6, 6.07) is 0. The summed E-state index contributed by atoms with van der Waals surface area (Å²) in [5, 5.41) is 3.67. The van der Waals surface area contributed by atoms with Gasteiger partial charge in [-0.3, -0.25) is 4.90 Å². The Morgan fingerprint density at radius 2 is 2.00 bits per heavy atom. The lowest BCUT2D eigenvalue weighted by Crippen LogP contribution is -2.49. The van der Waals surface area contributed by atoms with Crippen molar-refractivity contribution >= 4 is 0 Å². The van der Waals surface area contributed by atoms with Crippen molar-refractivity contribution in [2.75, 3.05) is 39.3 Å². The lowest BCUT2D eigenvalue weighted by molar-refractivity contribution is -0.0335. The fourth-order valence-electron chi connectivity index (χ4n) is 2.91. The molecule has 1 aliphatic heterocycles. The normalized spacial score (nSPS) is 22.1. The SMILES string of the molecule is CCC(CC)(CNCC(C)C)CN1CCOC(C)C1. The first-order valence-electron chi connectivity index (χ1n) is 8.06. The van der Waals surface area contributed by atoms with Crippen LogP contribution in [0.2, 0.25) is 0 Å². The van der Waals surface area contributed by atoms with E-state index >= 15 is 0 Å². The summed E-state index contributed by atoms with van der Waals surface area (Å²) in [6.45, 7) is 18.0. The summed E-state index contributed by atoms with van der Waals surface area (Å²) in [6.07, 6.45) is 2.89. The maximum absolute atomic E-state index is 5.65. The van der Waals surface area contributed by atoms with E-state index in [-0.39, 0.29) is 0 Å². The number of nitrogens with one attached hydrogen (secondary N) is 1. The van der Waals surface area contributed by atoms with Gasteiger partial charge in [0.15, 0.2) is 0 Å². The molecule has 0 aliphatic carbocycles. The lowest BCUT2D eigenvalue weighted by atomic mass is 9.81. The third kappa shape index (κ3) is 5.80. The van der Waals surface area contributed by atoms with Gasteiger partial charge in [0.05, 0.1) is 12.7 Å². The van der Waals surface area contributed by atoms with Gasteiger partial charge in [-0.05, 0) is 37.6 Å². The van der Waals surface area contributed by atoms with Crippen molar-refractivity contribution in [1.29, 1.82) is 0 Å². The van der Waals surface area contributed by atoms with Crippen LogP contribution in [0.15, 0.2) is 0 Å². The molecule has 1 N–H and O–H groups in total. The summed E-state index contributed by atoms with van der Waals surface area (Å²) in [7, 11) is 0. The van der Waals surface area contributed by atoms with Crippen LogP contribution < -0.4 is 5.32 Å². The van der Waals surface area contributed by atoms with E-state index in [2.05, 4.69) is 44.8 Å². The zero-order valence-electron chi connectivity index (χ0n) is 13.7. The van der Waals surface area contributed by atoms with Crippen LogP contribution in [0.4, 0.5) is 0 Å². The predicted octanol–water partition coefficient (Wildman–Crippen LogP) is 2.76. The quantitative estimate of drug-likeness (QED) is 0.734. The first-order valence-corrected chi connectivity index (χ1v) is 8.06. The Bertz CT molecular complexity index is 239. The number of morpholine rings is 1. The Labute approximate surface area is 120 Å². The Morgan fingerprint density at radius 1 is 1.32 bits per heavy atom. The average Bonchev–Trinajstić information content (AvgIpc) is 2.37. The molecule has 1 heterocycles. The summed E-state index contributed by atoms with van der Waals surface area (Å²) in [4.78, 5) is 2.60. The van der Waals surface area contributed by atoms with Gasteiger partial charge in [0, 0.05) is 26.2 Å². The Balaban J connectivity index is 2.49. The topological polar surface area (TPSA) is 24.5 Å². The second-order valence-electron chi connectivity index (χ2n) is 6.65. The number of nitrogens with zero attached hydrogens (tertiary/aromatic N) is 1. The van der Waals surface area contributed by atoms with Gasteiger partial charge < -0.3 is 10.1 Å². The minimum absolute atomic E-state index is 0.392. The van der Waals surface area contributed by atoms with E-state index in [9.17, 15) is 0 Å². The summed E-state index contributed by atoms with van der Waals surface area (Å²) in [5.41, 5.74) is 0.423. The van der Waals surface area contributed by atoms with E-state index in [4.69, 9.17) is 4.74 Å². The average molecular weight is 270 g/mol. The Kier molecular flexibility index (Phi) is 7.33.